The Hall–Kier alpha value is -5.66. The number of fused-ring (bicyclic) bond motifs is 2. The summed E-state index contributed by atoms with van der Waals surface area (Å²) in [6.07, 6.45) is 18.3. The topological polar surface area (TPSA) is 204 Å². The van der Waals surface area contributed by atoms with Gasteiger partial charge in [-0.05, 0) is 160 Å². The number of hydrogen-bond acceptors (Lipinski definition) is 16. The first-order valence-corrected chi connectivity index (χ1v) is 35.2. The fourth-order valence-corrected chi connectivity index (χ4v) is 16.1. The van der Waals surface area contributed by atoms with Gasteiger partial charge in [0.1, 0.15) is 35.2 Å². The fourth-order valence-electron chi connectivity index (χ4n) is 14.4. The van der Waals surface area contributed by atoms with E-state index < -0.39 is 31.7 Å². The maximum atomic E-state index is 15.6. The van der Waals surface area contributed by atoms with E-state index in [4.69, 9.17) is 15.0 Å². The predicted octanol–water partition coefficient (Wildman–Crippen LogP) is 7.43. The van der Waals surface area contributed by atoms with E-state index in [1.807, 2.05) is 39.5 Å². The van der Waals surface area contributed by atoms with Gasteiger partial charge in [0.2, 0.25) is 20.0 Å². The molecule has 2 aromatic carbocycles. The molecule has 24 heteroatoms. The van der Waals surface area contributed by atoms with E-state index >= 15 is 13.6 Å². The lowest BCUT2D eigenvalue weighted by Crippen LogP contribution is -2.54. The van der Waals surface area contributed by atoms with Gasteiger partial charge in [-0.15, -0.1) is 0 Å². The standard InChI is InChI=1S/C62H90F2N14O6S2/c1-8-74(42(2)3)61(79)52-32-47(63)15-21-54(52)77-29-28-73(40-46-38-72(39-46)37-45-13-19-50(20-14-45)70-86(7,83)84)60-57(77)35-66-58(68-60)24-27-75(43(4)5)62(80)53-33-48(64)16-22-55(53)78-31-30-76(59-56(78)34-65-41-67-59)51-10-9-25-71(26-23-51)36-44-11-17-49(18-12-44)69-85(6,81)82/h15-16,21-22,32-35,41-46,49-51,69-70H,8-14,17-20,23-31,36-40H2,1-7H3/t44-,45-,49-,50-,51?. The minimum absolute atomic E-state index is 0.000435. The molecule has 1 unspecified atom stereocenters. The molecule has 4 aromatic rings. The van der Waals surface area contributed by atoms with Crippen LogP contribution in [0.5, 0.6) is 0 Å². The van der Waals surface area contributed by atoms with Gasteiger partial charge >= 0.3 is 0 Å². The highest BCUT2D eigenvalue weighted by molar-refractivity contribution is 7.89. The molecule has 2 aromatic heterocycles. The number of aromatic nitrogens is 4. The molecule has 2 amide bonds. The Morgan fingerprint density at radius 3 is 1.74 bits per heavy atom. The summed E-state index contributed by atoms with van der Waals surface area (Å²) in [5, 5.41) is 0. The van der Waals surface area contributed by atoms with E-state index in [-0.39, 0.29) is 59.7 Å². The zero-order valence-electron chi connectivity index (χ0n) is 51.4. The van der Waals surface area contributed by atoms with Gasteiger partial charge in [0.25, 0.3) is 11.8 Å². The molecule has 6 aliphatic rings. The Morgan fingerprint density at radius 1 is 0.616 bits per heavy atom. The average molecular weight is 1230 g/mol. The molecule has 0 radical (unpaired) electrons. The van der Waals surface area contributed by atoms with Gasteiger partial charge in [-0.1, -0.05) is 0 Å². The number of carbonyl (C=O) groups is 2. The van der Waals surface area contributed by atoms with Crippen LogP contribution in [0.4, 0.5) is 43.2 Å². The van der Waals surface area contributed by atoms with Gasteiger partial charge in [0.15, 0.2) is 11.6 Å². The highest BCUT2D eigenvalue weighted by Gasteiger charge is 2.38. The lowest BCUT2D eigenvalue weighted by molar-refractivity contribution is 0.0702. The first-order valence-electron chi connectivity index (χ1n) is 31.4. The molecular weight excluding hydrogens is 1140 g/mol. The highest BCUT2D eigenvalue weighted by atomic mass is 32.2. The SMILES string of the molecule is CCN(C(=O)c1cc(F)ccc1N1CCN(CC2CN(C[C@H]3CC[C@H](NS(C)(=O)=O)CC3)C2)c2nc(CCN(C(=O)c3cc(F)ccc3N3CCN(C4CCCN(C[C@H]5CC[C@H](NS(C)(=O)=O)CC5)CC4)c4ncncc43)C(C)C)ncc21)C(C)C. The lowest BCUT2D eigenvalue weighted by Gasteiger charge is -2.46. The van der Waals surface area contributed by atoms with Crippen LogP contribution in [0.15, 0.2) is 55.1 Å². The van der Waals surface area contributed by atoms with Gasteiger partial charge in [-0.25, -0.2) is 55.0 Å². The number of hydrogen-bond donors (Lipinski definition) is 2. The third-order valence-corrected chi connectivity index (χ3v) is 20.2. The second kappa shape index (κ2) is 27.4. The van der Waals surface area contributed by atoms with Crippen molar-refractivity contribution in [2.24, 2.45) is 17.8 Å². The first-order chi connectivity index (χ1) is 41.1. The molecule has 470 valence electrons. The molecule has 4 fully saturated rings. The van der Waals surface area contributed by atoms with Gasteiger partial charge < -0.3 is 39.2 Å². The van der Waals surface area contributed by atoms with Crippen LogP contribution in [-0.2, 0) is 26.5 Å². The highest BCUT2D eigenvalue weighted by Crippen LogP contribution is 2.42. The number of amides is 2. The number of rotatable bonds is 21. The van der Waals surface area contributed by atoms with Crippen LogP contribution in [0.25, 0.3) is 0 Å². The fraction of sp³-hybridized carbons (Fsp3) is 0.645. The smallest absolute Gasteiger partial charge is 0.256 e. The minimum atomic E-state index is -3.24. The molecule has 86 heavy (non-hydrogen) atoms. The normalized spacial score (nSPS) is 22.8. The summed E-state index contributed by atoms with van der Waals surface area (Å²) in [6, 6.07) is 8.68. The Kier molecular flexibility index (Phi) is 20.2. The first kappa shape index (κ1) is 63.4. The zero-order valence-corrected chi connectivity index (χ0v) is 53.0. The summed E-state index contributed by atoms with van der Waals surface area (Å²) in [4.78, 5) is 66.2. The maximum absolute atomic E-state index is 15.6. The van der Waals surface area contributed by atoms with Crippen molar-refractivity contribution < 1.29 is 35.2 Å². The molecular formula is C62H90F2N14O6S2. The molecule has 2 aliphatic carbocycles. The van der Waals surface area contributed by atoms with Crippen molar-refractivity contribution >= 4 is 66.2 Å². The molecule has 2 saturated carbocycles. The zero-order chi connectivity index (χ0) is 61.0. The summed E-state index contributed by atoms with van der Waals surface area (Å²) in [5.41, 5.74) is 3.11. The van der Waals surface area contributed by atoms with Crippen molar-refractivity contribution in [3.63, 3.8) is 0 Å². The second-order valence-electron chi connectivity index (χ2n) is 25.7. The van der Waals surface area contributed by atoms with Crippen molar-refractivity contribution in [2.45, 2.75) is 142 Å². The van der Waals surface area contributed by atoms with Gasteiger partial charge in [-0.2, -0.15) is 0 Å². The van der Waals surface area contributed by atoms with Crippen molar-refractivity contribution in [1.82, 2.24) is 49.0 Å². The van der Waals surface area contributed by atoms with E-state index in [1.165, 1.54) is 36.8 Å². The maximum Gasteiger partial charge on any atom is 0.256 e. The van der Waals surface area contributed by atoms with E-state index in [0.29, 0.717) is 85.6 Å². The summed E-state index contributed by atoms with van der Waals surface area (Å²) in [6.45, 7) is 19.2. The van der Waals surface area contributed by atoms with Crippen LogP contribution in [0, 0.1) is 29.4 Å². The van der Waals surface area contributed by atoms with Crippen molar-refractivity contribution in [1.29, 1.82) is 0 Å². The van der Waals surface area contributed by atoms with Crippen LogP contribution in [0.2, 0.25) is 0 Å². The van der Waals surface area contributed by atoms with E-state index in [0.717, 1.165) is 128 Å². The van der Waals surface area contributed by atoms with E-state index in [2.05, 4.69) is 38.9 Å². The summed E-state index contributed by atoms with van der Waals surface area (Å²) in [7, 11) is -6.46. The molecule has 6 heterocycles. The predicted molar refractivity (Wildman–Crippen MR) is 334 cm³/mol. The van der Waals surface area contributed by atoms with Gasteiger partial charge in [0, 0.05) is 121 Å². The number of nitrogens with one attached hydrogen (secondary N) is 2. The van der Waals surface area contributed by atoms with Crippen LogP contribution in [0.3, 0.4) is 0 Å². The molecule has 1 atom stereocenters. The number of halogens is 2. The lowest BCUT2D eigenvalue weighted by atomic mass is 9.85. The van der Waals surface area contributed by atoms with Gasteiger partial charge in [0.05, 0.1) is 47.4 Å². The van der Waals surface area contributed by atoms with Crippen LogP contribution in [0.1, 0.15) is 132 Å². The van der Waals surface area contributed by atoms with Crippen LogP contribution in [-0.4, -0.2) is 196 Å². The summed E-state index contributed by atoms with van der Waals surface area (Å²) < 4.78 is 83.7. The summed E-state index contributed by atoms with van der Waals surface area (Å²) in [5.74, 6) is 1.83. The number of anilines is 6. The largest absolute Gasteiger partial charge is 0.353 e. The molecule has 2 N–H and O–H groups in total. The molecule has 10 rings (SSSR count). The number of nitrogens with zero attached hydrogens (tertiary/aromatic N) is 12. The number of sulfonamides is 2. The number of benzene rings is 2. The molecule has 0 spiro atoms. The van der Waals surface area contributed by atoms with Crippen molar-refractivity contribution in [3.8, 4) is 0 Å². The minimum Gasteiger partial charge on any atom is -0.353 e. The van der Waals surface area contributed by atoms with Crippen molar-refractivity contribution in [3.05, 3.63) is 83.7 Å². The summed E-state index contributed by atoms with van der Waals surface area (Å²) >= 11 is 0. The Bertz CT molecular complexity index is 3250. The average Bonchev–Trinajstić information content (AvgIpc) is 1.18. The van der Waals surface area contributed by atoms with E-state index in [1.54, 1.807) is 40.7 Å². The Labute approximate surface area is 508 Å². The Morgan fingerprint density at radius 2 is 1.17 bits per heavy atom. The molecule has 20 nitrogen and oxygen atoms in total. The number of likely N-dealkylation sites (tertiary alicyclic amines) is 2. The third-order valence-electron chi connectivity index (χ3n) is 18.7. The van der Waals surface area contributed by atoms with E-state index in [9.17, 15) is 21.6 Å². The molecule has 4 aliphatic heterocycles. The van der Waals surface area contributed by atoms with Crippen LogP contribution >= 0.6 is 0 Å². The molecule has 2 saturated heterocycles. The van der Waals surface area contributed by atoms with Gasteiger partial charge in [-0.3, -0.25) is 9.59 Å². The number of carbonyl (C=O) groups excluding carboxylic acids is 2. The quantitative estimate of drug-likeness (QED) is 0.0833. The van der Waals surface area contributed by atoms with Crippen LogP contribution < -0.4 is 29.0 Å². The monoisotopic (exact) mass is 1230 g/mol. The molecule has 0 bridgehead atoms. The second-order valence-corrected chi connectivity index (χ2v) is 29.3. The van der Waals surface area contributed by atoms with Crippen molar-refractivity contribution in [2.75, 3.05) is 117 Å². The Balaban J connectivity index is 0.843. The third kappa shape index (κ3) is 15.4.